The molecule has 0 aliphatic rings. The molecule has 1 amide bonds. The molecule has 0 fully saturated rings. The first-order chi connectivity index (χ1) is 12.6. The standard InChI is InChI=1S/C21H28N2O3S/c1-6-20(21(24)22-14-18-9-7-15(2)8-10-18)23(27(5,25)26)19-12-16(3)11-17(4)13-19/h7-13,20H,6,14H2,1-5H3,(H,22,24)/t20-/m0/s1. The number of sulfonamides is 1. The van der Waals surface area contributed by atoms with Crippen molar-refractivity contribution in [3.8, 4) is 0 Å². The van der Waals surface area contributed by atoms with Gasteiger partial charge in [-0.3, -0.25) is 9.10 Å². The summed E-state index contributed by atoms with van der Waals surface area (Å²) in [5.74, 6) is -0.303. The first-order valence-corrected chi connectivity index (χ1v) is 10.9. The maximum atomic E-state index is 12.8. The second kappa shape index (κ2) is 8.57. The lowest BCUT2D eigenvalue weighted by atomic mass is 10.1. The zero-order valence-corrected chi connectivity index (χ0v) is 17.4. The maximum absolute atomic E-state index is 12.8. The summed E-state index contributed by atoms with van der Waals surface area (Å²) in [6.45, 7) is 8.01. The molecule has 0 aliphatic carbocycles. The van der Waals surface area contributed by atoms with E-state index in [9.17, 15) is 13.2 Å². The second-order valence-electron chi connectivity index (χ2n) is 7.03. The average Bonchev–Trinajstić information content (AvgIpc) is 2.56. The normalized spacial score (nSPS) is 12.5. The van der Waals surface area contributed by atoms with Crippen LogP contribution in [-0.4, -0.2) is 26.6 Å². The minimum atomic E-state index is -3.62. The van der Waals surface area contributed by atoms with Crippen LogP contribution in [0.3, 0.4) is 0 Å². The predicted octanol–water partition coefficient (Wildman–Crippen LogP) is 3.47. The molecule has 0 radical (unpaired) electrons. The van der Waals surface area contributed by atoms with Gasteiger partial charge in [-0.2, -0.15) is 0 Å². The number of carbonyl (C=O) groups is 1. The van der Waals surface area contributed by atoms with Gasteiger partial charge in [0.25, 0.3) is 0 Å². The molecular weight excluding hydrogens is 360 g/mol. The van der Waals surface area contributed by atoms with Crippen molar-refractivity contribution in [1.29, 1.82) is 0 Å². The van der Waals surface area contributed by atoms with E-state index in [0.717, 1.165) is 28.5 Å². The number of amides is 1. The van der Waals surface area contributed by atoms with Gasteiger partial charge in [-0.15, -0.1) is 0 Å². The van der Waals surface area contributed by atoms with Gasteiger partial charge in [-0.1, -0.05) is 42.8 Å². The first kappa shape index (κ1) is 21.0. The lowest BCUT2D eigenvalue weighted by molar-refractivity contribution is -0.122. The summed E-state index contributed by atoms with van der Waals surface area (Å²) in [5, 5.41) is 2.88. The molecule has 2 aromatic carbocycles. The molecule has 1 atom stereocenters. The third kappa shape index (κ3) is 5.57. The van der Waals surface area contributed by atoms with Crippen molar-refractivity contribution in [3.63, 3.8) is 0 Å². The molecule has 0 heterocycles. The lowest BCUT2D eigenvalue weighted by Gasteiger charge is -2.30. The Kier molecular flexibility index (Phi) is 6.65. The summed E-state index contributed by atoms with van der Waals surface area (Å²) in [4.78, 5) is 12.8. The fraction of sp³-hybridized carbons (Fsp3) is 0.381. The average molecular weight is 389 g/mol. The van der Waals surface area contributed by atoms with E-state index in [2.05, 4.69) is 5.32 Å². The van der Waals surface area contributed by atoms with E-state index >= 15 is 0 Å². The fourth-order valence-electron chi connectivity index (χ4n) is 3.15. The minimum absolute atomic E-state index is 0.303. The Morgan fingerprint density at radius 2 is 1.56 bits per heavy atom. The van der Waals surface area contributed by atoms with Gasteiger partial charge in [0.2, 0.25) is 15.9 Å². The van der Waals surface area contributed by atoms with Crippen LogP contribution in [0.15, 0.2) is 42.5 Å². The minimum Gasteiger partial charge on any atom is -0.350 e. The van der Waals surface area contributed by atoms with Crippen molar-refractivity contribution in [2.45, 2.75) is 46.7 Å². The van der Waals surface area contributed by atoms with Crippen molar-refractivity contribution in [3.05, 3.63) is 64.7 Å². The highest BCUT2D eigenvalue weighted by Crippen LogP contribution is 2.25. The molecule has 27 heavy (non-hydrogen) atoms. The van der Waals surface area contributed by atoms with Crippen molar-refractivity contribution in [2.75, 3.05) is 10.6 Å². The number of hydrogen-bond donors (Lipinski definition) is 1. The van der Waals surface area contributed by atoms with Gasteiger partial charge in [-0.05, 0) is 56.0 Å². The number of anilines is 1. The van der Waals surface area contributed by atoms with Gasteiger partial charge in [0.05, 0.1) is 11.9 Å². The Labute approximate surface area is 162 Å². The van der Waals surface area contributed by atoms with E-state index in [-0.39, 0.29) is 5.91 Å². The number of hydrogen-bond acceptors (Lipinski definition) is 3. The van der Waals surface area contributed by atoms with Crippen LogP contribution in [0.25, 0.3) is 0 Å². The molecular formula is C21H28N2O3S. The van der Waals surface area contributed by atoms with Gasteiger partial charge >= 0.3 is 0 Å². The third-order valence-corrected chi connectivity index (χ3v) is 5.56. The van der Waals surface area contributed by atoms with Gasteiger partial charge in [-0.25, -0.2) is 8.42 Å². The number of rotatable bonds is 7. The summed E-state index contributed by atoms with van der Waals surface area (Å²) in [7, 11) is -3.62. The number of carbonyl (C=O) groups excluding carboxylic acids is 1. The molecule has 146 valence electrons. The lowest BCUT2D eigenvalue weighted by Crippen LogP contribution is -2.49. The zero-order chi connectivity index (χ0) is 20.2. The van der Waals surface area contributed by atoms with Gasteiger partial charge in [0.15, 0.2) is 0 Å². The summed E-state index contributed by atoms with van der Waals surface area (Å²) < 4.78 is 26.3. The van der Waals surface area contributed by atoms with Crippen LogP contribution in [0, 0.1) is 20.8 Å². The zero-order valence-electron chi connectivity index (χ0n) is 16.6. The number of nitrogens with zero attached hydrogens (tertiary/aromatic N) is 1. The van der Waals surface area contributed by atoms with Crippen molar-refractivity contribution >= 4 is 21.6 Å². The van der Waals surface area contributed by atoms with Crippen LogP contribution in [0.1, 0.15) is 35.6 Å². The van der Waals surface area contributed by atoms with E-state index in [0.29, 0.717) is 18.7 Å². The van der Waals surface area contributed by atoms with Crippen molar-refractivity contribution in [2.24, 2.45) is 0 Å². The topological polar surface area (TPSA) is 66.5 Å². The Morgan fingerprint density at radius 1 is 1.00 bits per heavy atom. The summed E-state index contributed by atoms with van der Waals surface area (Å²) >= 11 is 0. The van der Waals surface area contributed by atoms with Crippen LogP contribution in [0.4, 0.5) is 5.69 Å². The molecule has 5 nitrogen and oxygen atoms in total. The smallest absolute Gasteiger partial charge is 0.244 e. The monoisotopic (exact) mass is 388 g/mol. The van der Waals surface area contributed by atoms with Crippen LogP contribution in [-0.2, 0) is 21.4 Å². The van der Waals surface area contributed by atoms with Crippen molar-refractivity contribution in [1.82, 2.24) is 5.32 Å². The number of aryl methyl sites for hydroxylation is 3. The molecule has 0 spiro atoms. The molecule has 0 saturated carbocycles. The maximum Gasteiger partial charge on any atom is 0.244 e. The molecule has 2 rings (SSSR count). The predicted molar refractivity (Wildman–Crippen MR) is 110 cm³/mol. The Morgan fingerprint density at radius 3 is 2.04 bits per heavy atom. The quantitative estimate of drug-likeness (QED) is 0.790. The van der Waals surface area contributed by atoms with Gasteiger partial charge in [0.1, 0.15) is 6.04 Å². The molecule has 0 bridgehead atoms. The Balaban J connectivity index is 2.28. The Bertz CT molecular complexity index is 885. The van der Waals surface area contributed by atoms with Crippen LogP contribution < -0.4 is 9.62 Å². The van der Waals surface area contributed by atoms with Gasteiger partial charge in [0, 0.05) is 6.54 Å². The fourth-order valence-corrected chi connectivity index (χ4v) is 4.35. The van der Waals surface area contributed by atoms with Crippen LogP contribution in [0.2, 0.25) is 0 Å². The highest BCUT2D eigenvalue weighted by Gasteiger charge is 2.31. The van der Waals surface area contributed by atoms with Gasteiger partial charge < -0.3 is 5.32 Å². The Hall–Kier alpha value is -2.34. The molecule has 6 heteroatoms. The second-order valence-corrected chi connectivity index (χ2v) is 8.89. The molecule has 0 aliphatic heterocycles. The molecule has 0 aromatic heterocycles. The number of nitrogens with one attached hydrogen (secondary N) is 1. The van der Waals surface area contributed by atoms with E-state index in [4.69, 9.17) is 0 Å². The van der Waals surface area contributed by atoms with E-state index in [1.165, 1.54) is 4.31 Å². The van der Waals surface area contributed by atoms with Crippen LogP contribution >= 0.6 is 0 Å². The van der Waals surface area contributed by atoms with E-state index in [1.807, 2.05) is 58.0 Å². The van der Waals surface area contributed by atoms with E-state index < -0.39 is 16.1 Å². The van der Waals surface area contributed by atoms with Crippen molar-refractivity contribution < 1.29 is 13.2 Å². The SMILES string of the molecule is CC[C@@H](C(=O)NCc1ccc(C)cc1)N(c1cc(C)cc(C)c1)S(C)(=O)=O. The number of benzene rings is 2. The van der Waals surface area contributed by atoms with Crippen LogP contribution in [0.5, 0.6) is 0 Å². The molecule has 2 aromatic rings. The summed E-state index contributed by atoms with van der Waals surface area (Å²) in [6, 6.07) is 12.6. The molecule has 1 N–H and O–H groups in total. The summed E-state index contributed by atoms with van der Waals surface area (Å²) in [6.07, 6.45) is 1.51. The first-order valence-electron chi connectivity index (χ1n) is 9.02. The van der Waals surface area contributed by atoms with E-state index in [1.54, 1.807) is 12.1 Å². The highest BCUT2D eigenvalue weighted by atomic mass is 32.2. The third-order valence-electron chi connectivity index (χ3n) is 4.38. The highest BCUT2D eigenvalue weighted by molar-refractivity contribution is 7.92. The molecule has 0 unspecified atom stereocenters. The largest absolute Gasteiger partial charge is 0.350 e. The summed E-state index contributed by atoms with van der Waals surface area (Å²) in [5.41, 5.74) is 4.55. The molecule has 0 saturated heterocycles.